The quantitative estimate of drug-likeness (QED) is 0.819. The molecule has 1 nitrogen and oxygen atoms in total. The largest absolute Gasteiger partial charge is 0.323 e. The van der Waals surface area contributed by atoms with Crippen LogP contribution in [-0.4, -0.2) is 0 Å². The van der Waals surface area contributed by atoms with E-state index in [1.807, 2.05) is 11.3 Å². The molecule has 1 heterocycles. The Labute approximate surface area is 120 Å². The first-order valence-corrected chi connectivity index (χ1v) is 7.53. The molecule has 2 rings (SSSR count). The predicted octanol–water partition coefficient (Wildman–Crippen LogP) is 4.21. The molecule has 0 amide bonds. The molecule has 0 aliphatic heterocycles. The number of hydrogen-bond donors (Lipinski definition) is 1. The summed E-state index contributed by atoms with van der Waals surface area (Å²) in [5.74, 6) is 0. The summed E-state index contributed by atoms with van der Waals surface area (Å²) in [4.78, 5) is 2.66. The topological polar surface area (TPSA) is 26.0 Å². The van der Waals surface area contributed by atoms with Crippen molar-refractivity contribution in [2.75, 3.05) is 0 Å². The molecule has 0 saturated heterocycles. The minimum Gasteiger partial charge on any atom is -0.323 e. The molecule has 1 aromatic heterocycles. The fourth-order valence-corrected chi connectivity index (χ4v) is 3.16. The van der Waals surface area contributed by atoms with Gasteiger partial charge in [-0.25, -0.2) is 0 Å². The monoisotopic (exact) mass is 357 g/mol. The molecule has 0 radical (unpaired) electrons. The lowest BCUT2D eigenvalue weighted by Crippen LogP contribution is -2.11. The van der Waals surface area contributed by atoms with E-state index in [4.69, 9.17) is 5.73 Å². The van der Waals surface area contributed by atoms with Gasteiger partial charge in [-0.1, -0.05) is 12.1 Å². The van der Waals surface area contributed by atoms with Gasteiger partial charge in [0, 0.05) is 19.4 Å². The summed E-state index contributed by atoms with van der Waals surface area (Å²) in [6, 6.07) is 10.9. The summed E-state index contributed by atoms with van der Waals surface area (Å²) < 4.78 is 1.27. The second-order valence-corrected chi connectivity index (χ2v) is 6.86. The summed E-state index contributed by atoms with van der Waals surface area (Å²) in [5, 5.41) is 0. The molecule has 0 spiro atoms. The first-order chi connectivity index (χ1) is 8.06. The molecule has 0 saturated carbocycles. The molecule has 3 heteroatoms. The third kappa shape index (κ3) is 3.30. The van der Waals surface area contributed by atoms with Crippen LogP contribution in [0.25, 0.3) is 0 Å². The summed E-state index contributed by atoms with van der Waals surface area (Å²) in [7, 11) is 0. The number of halogens is 1. The molecule has 0 bridgehead atoms. The zero-order chi connectivity index (χ0) is 12.4. The van der Waals surface area contributed by atoms with E-state index in [0.29, 0.717) is 0 Å². The lowest BCUT2D eigenvalue weighted by molar-refractivity contribution is 0.736. The third-order valence-electron chi connectivity index (χ3n) is 2.92. The number of hydrogen-bond acceptors (Lipinski definition) is 2. The van der Waals surface area contributed by atoms with E-state index in [0.717, 1.165) is 6.42 Å². The Morgan fingerprint density at radius 1 is 1.24 bits per heavy atom. The van der Waals surface area contributed by atoms with Gasteiger partial charge in [0.2, 0.25) is 0 Å². The van der Waals surface area contributed by atoms with Crippen molar-refractivity contribution in [2.24, 2.45) is 5.73 Å². The second-order valence-electron chi connectivity index (χ2n) is 4.33. The number of nitrogens with two attached hydrogens (primary N) is 1. The summed E-state index contributed by atoms with van der Waals surface area (Å²) in [6.45, 7) is 4.30. The van der Waals surface area contributed by atoms with Crippen LogP contribution in [0.4, 0.5) is 0 Å². The van der Waals surface area contributed by atoms with Crippen LogP contribution in [0.15, 0.2) is 30.3 Å². The zero-order valence-electron chi connectivity index (χ0n) is 10.0. The van der Waals surface area contributed by atoms with E-state index in [2.05, 4.69) is 66.8 Å². The maximum Gasteiger partial charge on any atom is 0.0430 e. The van der Waals surface area contributed by atoms with Crippen molar-refractivity contribution in [1.29, 1.82) is 0 Å². The van der Waals surface area contributed by atoms with Gasteiger partial charge in [0.25, 0.3) is 0 Å². The molecule has 0 aliphatic rings. The van der Waals surface area contributed by atoms with Crippen molar-refractivity contribution in [3.63, 3.8) is 0 Å². The van der Waals surface area contributed by atoms with Crippen molar-refractivity contribution >= 4 is 33.9 Å². The van der Waals surface area contributed by atoms with Gasteiger partial charge in [0.05, 0.1) is 0 Å². The van der Waals surface area contributed by atoms with E-state index >= 15 is 0 Å². The number of benzene rings is 1. The molecule has 0 fully saturated rings. The van der Waals surface area contributed by atoms with Gasteiger partial charge in [-0.15, -0.1) is 11.3 Å². The molecule has 17 heavy (non-hydrogen) atoms. The van der Waals surface area contributed by atoms with Crippen LogP contribution < -0.4 is 5.73 Å². The van der Waals surface area contributed by atoms with Crippen molar-refractivity contribution in [3.8, 4) is 0 Å². The van der Waals surface area contributed by atoms with Crippen LogP contribution in [0.3, 0.4) is 0 Å². The van der Waals surface area contributed by atoms with Gasteiger partial charge in [-0.05, 0) is 72.2 Å². The van der Waals surface area contributed by atoms with E-state index < -0.39 is 0 Å². The molecule has 90 valence electrons. The molecule has 1 unspecified atom stereocenters. The van der Waals surface area contributed by atoms with E-state index in [9.17, 15) is 0 Å². The SMILES string of the molecule is Cc1cc(C(N)Cc2ccc(I)cc2)sc1C. The van der Waals surface area contributed by atoms with Crippen LogP contribution in [0.2, 0.25) is 0 Å². The Bertz CT molecular complexity index is 482. The average Bonchev–Trinajstić information content (AvgIpc) is 2.63. The lowest BCUT2D eigenvalue weighted by atomic mass is 10.1. The maximum absolute atomic E-state index is 6.26. The molecule has 1 atom stereocenters. The highest BCUT2D eigenvalue weighted by Gasteiger charge is 2.11. The third-order valence-corrected chi connectivity index (χ3v) is 4.92. The Morgan fingerprint density at radius 3 is 2.41 bits per heavy atom. The predicted molar refractivity (Wildman–Crippen MR) is 83.6 cm³/mol. The van der Waals surface area contributed by atoms with E-state index in [-0.39, 0.29) is 6.04 Å². The Kier molecular flexibility index (Phi) is 4.22. The van der Waals surface area contributed by atoms with Crippen LogP contribution in [0, 0.1) is 17.4 Å². The Balaban J connectivity index is 2.11. The van der Waals surface area contributed by atoms with Crippen molar-refractivity contribution in [2.45, 2.75) is 26.3 Å². The van der Waals surface area contributed by atoms with Gasteiger partial charge in [0.1, 0.15) is 0 Å². The van der Waals surface area contributed by atoms with Crippen LogP contribution in [-0.2, 0) is 6.42 Å². The zero-order valence-corrected chi connectivity index (χ0v) is 13.0. The van der Waals surface area contributed by atoms with Crippen LogP contribution in [0.5, 0.6) is 0 Å². The fourth-order valence-electron chi connectivity index (χ4n) is 1.76. The first-order valence-electron chi connectivity index (χ1n) is 5.63. The lowest BCUT2D eigenvalue weighted by Gasteiger charge is -2.09. The van der Waals surface area contributed by atoms with Crippen LogP contribution >= 0.6 is 33.9 Å². The summed E-state index contributed by atoms with van der Waals surface area (Å²) in [5.41, 5.74) is 8.91. The van der Waals surface area contributed by atoms with Crippen LogP contribution in [0.1, 0.15) is 26.9 Å². The highest BCUT2D eigenvalue weighted by atomic mass is 127. The standard InChI is InChI=1S/C14H16INS/c1-9-7-14(17-10(9)2)13(16)8-11-3-5-12(15)6-4-11/h3-7,13H,8,16H2,1-2H3. The molecule has 2 N–H and O–H groups in total. The van der Waals surface area contributed by atoms with Crippen molar-refractivity contribution < 1.29 is 0 Å². The first kappa shape index (κ1) is 13.1. The summed E-state index contributed by atoms with van der Waals surface area (Å²) in [6.07, 6.45) is 0.913. The minimum atomic E-state index is 0.118. The maximum atomic E-state index is 6.26. The van der Waals surface area contributed by atoms with E-state index in [1.54, 1.807) is 0 Å². The van der Waals surface area contributed by atoms with Gasteiger partial charge >= 0.3 is 0 Å². The van der Waals surface area contributed by atoms with E-state index in [1.165, 1.54) is 24.5 Å². The molecular weight excluding hydrogens is 341 g/mol. The Morgan fingerprint density at radius 2 is 1.88 bits per heavy atom. The number of aryl methyl sites for hydroxylation is 2. The Hall–Kier alpha value is -0.390. The van der Waals surface area contributed by atoms with Gasteiger partial charge < -0.3 is 5.73 Å². The molecule has 2 aromatic rings. The van der Waals surface area contributed by atoms with Crippen molar-refractivity contribution in [1.82, 2.24) is 0 Å². The fraction of sp³-hybridized carbons (Fsp3) is 0.286. The molecule has 0 aliphatic carbocycles. The minimum absolute atomic E-state index is 0.118. The van der Waals surface area contributed by atoms with Gasteiger partial charge in [-0.3, -0.25) is 0 Å². The highest BCUT2D eigenvalue weighted by Crippen LogP contribution is 2.27. The van der Waals surface area contributed by atoms with Crippen molar-refractivity contribution in [3.05, 3.63) is 54.8 Å². The second kappa shape index (κ2) is 5.50. The number of rotatable bonds is 3. The summed E-state index contributed by atoms with van der Waals surface area (Å²) >= 11 is 4.14. The molecule has 1 aromatic carbocycles. The smallest absolute Gasteiger partial charge is 0.0430 e. The normalized spacial score (nSPS) is 12.7. The molecular formula is C14H16INS. The number of thiophene rings is 1. The highest BCUT2D eigenvalue weighted by molar-refractivity contribution is 14.1. The van der Waals surface area contributed by atoms with Gasteiger partial charge in [-0.2, -0.15) is 0 Å². The van der Waals surface area contributed by atoms with Gasteiger partial charge in [0.15, 0.2) is 0 Å². The average molecular weight is 357 g/mol.